The van der Waals surface area contributed by atoms with E-state index in [2.05, 4.69) is 48.9 Å². The maximum atomic E-state index is 4.11. The van der Waals surface area contributed by atoms with E-state index in [-0.39, 0.29) is 0 Å². The summed E-state index contributed by atoms with van der Waals surface area (Å²) in [6.45, 7) is 8.83. The van der Waals surface area contributed by atoms with Crippen LogP contribution in [-0.2, 0) is 0 Å². The van der Waals surface area contributed by atoms with E-state index in [1.807, 2.05) is 13.1 Å². The average molecular weight is 201 g/mol. The molecule has 0 heterocycles. The van der Waals surface area contributed by atoms with Crippen LogP contribution in [0.1, 0.15) is 6.42 Å². The van der Waals surface area contributed by atoms with Crippen LogP contribution in [-0.4, -0.2) is 13.6 Å². The van der Waals surface area contributed by atoms with E-state index in [9.17, 15) is 0 Å². The van der Waals surface area contributed by atoms with E-state index in [0.29, 0.717) is 5.92 Å². The van der Waals surface area contributed by atoms with Gasteiger partial charge in [-0.1, -0.05) is 43.0 Å². The van der Waals surface area contributed by atoms with Gasteiger partial charge in [-0.05, 0) is 24.6 Å². The molecule has 0 radical (unpaired) electrons. The highest BCUT2D eigenvalue weighted by molar-refractivity contribution is 5.45. The first kappa shape index (κ1) is 11.7. The summed E-state index contributed by atoms with van der Waals surface area (Å²) in [5, 5.41) is 3.06. The van der Waals surface area contributed by atoms with Crippen molar-refractivity contribution in [1.29, 1.82) is 0 Å². The highest BCUT2D eigenvalue weighted by Gasteiger charge is 2.13. The van der Waals surface area contributed by atoms with Gasteiger partial charge in [-0.2, -0.15) is 0 Å². The number of rotatable bonds is 4. The lowest BCUT2D eigenvalue weighted by atomic mass is 9.86. The number of nitrogens with one attached hydrogen (secondary N) is 1. The molecular formula is C14H19N. The molecule has 1 atom stereocenters. The predicted molar refractivity (Wildman–Crippen MR) is 67.7 cm³/mol. The van der Waals surface area contributed by atoms with Gasteiger partial charge in [0.15, 0.2) is 0 Å². The number of hydrogen-bond donors (Lipinski definition) is 1. The molecule has 1 aliphatic rings. The smallest absolute Gasteiger partial charge is 0.0134 e. The molecule has 0 saturated heterocycles. The third kappa shape index (κ3) is 3.37. The summed E-state index contributed by atoms with van der Waals surface area (Å²) in [5.41, 5.74) is 2.38. The molecule has 80 valence electrons. The lowest BCUT2D eigenvalue weighted by Gasteiger charge is -2.19. The van der Waals surface area contributed by atoms with Gasteiger partial charge >= 0.3 is 0 Å². The molecule has 0 spiro atoms. The number of allylic oxidation sites excluding steroid dienone is 7. The van der Waals surface area contributed by atoms with Crippen molar-refractivity contribution in [2.75, 3.05) is 13.6 Å². The fourth-order valence-electron chi connectivity index (χ4n) is 1.56. The Hall–Kier alpha value is -1.34. The van der Waals surface area contributed by atoms with Crippen molar-refractivity contribution >= 4 is 0 Å². The van der Waals surface area contributed by atoms with Crippen molar-refractivity contribution in [2.45, 2.75) is 6.42 Å². The Morgan fingerprint density at radius 1 is 1.60 bits per heavy atom. The third-order valence-corrected chi connectivity index (χ3v) is 2.52. The standard InChI is InChI=1S/C14H19N/c1-4-13-9-7-10-14(12(13)2)8-5-6-11-15-3/h4-8,10,13,15H,1-2,9,11H2,3H3/b6-5-,14-8-. The number of likely N-dealkylation sites (N-methyl/N-ethyl adjacent to an activating group) is 1. The second kappa shape index (κ2) is 6.20. The summed E-state index contributed by atoms with van der Waals surface area (Å²) in [6.07, 6.45) is 13.6. The molecular weight excluding hydrogens is 182 g/mol. The van der Waals surface area contributed by atoms with Gasteiger partial charge in [0.25, 0.3) is 0 Å². The van der Waals surface area contributed by atoms with Gasteiger partial charge in [-0.3, -0.25) is 0 Å². The predicted octanol–water partition coefficient (Wildman–Crippen LogP) is 3.01. The lowest BCUT2D eigenvalue weighted by Crippen LogP contribution is -2.05. The molecule has 0 saturated carbocycles. The Morgan fingerprint density at radius 2 is 2.40 bits per heavy atom. The third-order valence-electron chi connectivity index (χ3n) is 2.52. The van der Waals surface area contributed by atoms with Crippen LogP contribution in [0.3, 0.4) is 0 Å². The molecule has 1 heteroatoms. The van der Waals surface area contributed by atoms with Crippen molar-refractivity contribution in [3.05, 3.63) is 60.8 Å². The minimum Gasteiger partial charge on any atom is -0.316 e. The van der Waals surface area contributed by atoms with E-state index in [0.717, 1.165) is 13.0 Å². The summed E-state index contributed by atoms with van der Waals surface area (Å²) in [6, 6.07) is 0. The quantitative estimate of drug-likeness (QED) is 0.689. The largest absolute Gasteiger partial charge is 0.316 e. The van der Waals surface area contributed by atoms with Crippen molar-refractivity contribution in [3.8, 4) is 0 Å². The highest BCUT2D eigenvalue weighted by Crippen LogP contribution is 2.28. The molecule has 0 amide bonds. The van der Waals surface area contributed by atoms with E-state index in [1.54, 1.807) is 0 Å². The Bertz CT molecular complexity index is 318. The van der Waals surface area contributed by atoms with Crippen LogP contribution in [0.4, 0.5) is 0 Å². The van der Waals surface area contributed by atoms with Gasteiger partial charge in [0.05, 0.1) is 0 Å². The Labute approximate surface area is 92.6 Å². The second-order valence-electron chi connectivity index (χ2n) is 3.61. The first-order valence-corrected chi connectivity index (χ1v) is 5.29. The molecule has 0 aromatic carbocycles. The fourth-order valence-corrected chi connectivity index (χ4v) is 1.56. The van der Waals surface area contributed by atoms with Crippen LogP contribution in [0, 0.1) is 5.92 Å². The monoisotopic (exact) mass is 201 g/mol. The normalized spacial score (nSPS) is 23.9. The minimum atomic E-state index is 0.402. The maximum Gasteiger partial charge on any atom is 0.0134 e. The first-order valence-electron chi connectivity index (χ1n) is 5.29. The SMILES string of the molecule is C=CC1CC=C/C(=C/C=C\CNC)C1=C. The van der Waals surface area contributed by atoms with E-state index >= 15 is 0 Å². The summed E-state index contributed by atoms with van der Waals surface area (Å²) in [5.74, 6) is 0.402. The Balaban J connectivity index is 2.69. The maximum absolute atomic E-state index is 4.11. The zero-order valence-corrected chi connectivity index (χ0v) is 9.37. The Morgan fingerprint density at radius 3 is 3.07 bits per heavy atom. The van der Waals surface area contributed by atoms with Gasteiger partial charge in [0.2, 0.25) is 0 Å². The van der Waals surface area contributed by atoms with Crippen LogP contribution < -0.4 is 5.32 Å². The van der Waals surface area contributed by atoms with Gasteiger partial charge < -0.3 is 5.32 Å². The second-order valence-corrected chi connectivity index (χ2v) is 3.61. The fraction of sp³-hybridized carbons (Fsp3) is 0.286. The van der Waals surface area contributed by atoms with Crippen LogP contribution >= 0.6 is 0 Å². The summed E-state index contributed by atoms with van der Waals surface area (Å²) >= 11 is 0. The average Bonchev–Trinajstić information content (AvgIpc) is 2.26. The number of hydrogen-bond acceptors (Lipinski definition) is 1. The Kier molecular flexibility index (Phi) is 4.85. The molecule has 0 aromatic rings. The molecule has 0 bridgehead atoms. The molecule has 1 nitrogen and oxygen atoms in total. The van der Waals surface area contributed by atoms with E-state index in [4.69, 9.17) is 0 Å². The molecule has 15 heavy (non-hydrogen) atoms. The zero-order valence-electron chi connectivity index (χ0n) is 9.37. The molecule has 1 unspecified atom stereocenters. The van der Waals surface area contributed by atoms with Crippen LogP contribution in [0.2, 0.25) is 0 Å². The van der Waals surface area contributed by atoms with Crippen LogP contribution in [0.25, 0.3) is 0 Å². The van der Waals surface area contributed by atoms with Crippen LogP contribution in [0.5, 0.6) is 0 Å². The van der Waals surface area contributed by atoms with Crippen molar-refractivity contribution in [2.24, 2.45) is 5.92 Å². The summed E-state index contributed by atoms with van der Waals surface area (Å²) in [4.78, 5) is 0. The van der Waals surface area contributed by atoms with Crippen LogP contribution in [0.15, 0.2) is 60.8 Å². The zero-order chi connectivity index (χ0) is 11.1. The van der Waals surface area contributed by atoms with Crippen molar-refractivity contribution < 1.29 is 0 Å². The molecule has 1 aliphatic carbocycles. The molecule has 1 rings (SSSR count). The molecule has 0 aliphatic heterocycles. The van der Waals surface area contributed by atoms with Gasteiger partial charge in [0.1, 0.15) is 0 Å². The minimum absolute atomic E-state index is 0.402. The first-order chi connectivity index (χ1) is 7.29. The van der Waals surface area contributed by atoms with Crippen molar-refractivity contribution in [3.63, 3.8) is 0 Å². The summed E-state index contributed by atoms with van der Waals surface area (Å²) in [7, 11) is 1.94. The van der Waals surface area contributed by atoms with Gasteiger partial charge in [0, 0.05) is 12.5 Å². The van der Waals surface area contributed by atoms with E-state index < -0.39 is 0 Å². The molecule has 0 fully saturated rings. The van der Waals surface area contributed by atoms with Crippen molar-refractivity contribution in [1.82, 2.24) is 5.32 Å². The topological polar surface area (TPSA) is 12.0 Å². The van der Waals surface area contributed by atoms with Gasteiger partial charge in [-0.25, -0.2) is 0 Å². The molecule has 0 aromatic heterocycles. The highest BCUT2D eigenvalue weighted by atomic mass is 14.8. The lowest BCUT2D eigenvalue weighted by molar-refractivity contribution is 0.777. The van der Waals surface area contributed by atoms with E-state index in [1.165, 1.54) is 11.1 Å². The van der Waals surface area contributed by atoms with Gasteiger partial charge in [-0.15, -0.1) is 6.58 Å². The molecule has 1 N–H and O–H groups in total. The summed E-state index contributed by atoms with van der Waals surface area (Å²) < 4.78 is 0.